The van der Waals surface area contributed by atoms with Crippen LogP contribution in [0.25, 0.3) is 0 Å². The second-order valence-corrected chi connectivity index (χ2v) is 4.05. The van der Waals surface area contributed by atoms with Crippen molar-refractivity contribution in [1.29, 1.82) is 0 Å². The lowest BCUT2D eigenvalue weighted by Crippen LogP contribution is -2.39. The third kappa shape index (κ3) is 1.34. The first-order valence-electron chi connectivity index (χ1n) is 5.28. The number of ether oxygens (including phenoxy) is 1. The number of fused-ring (bicyclic) bond motifs is 2. The van der Waals surface area contributed by atoms with E-state index >= 15 is 0 Å². The SMILES string of the molecule is O=C1c2ccccc2OC2C=CC(O)=C(O)C12. The van der Waals surface area contributed by atoms with Gasteiger partial charge in [-0.05, 0) is 24.3 Å². The van der Waals surface area contributed by atoms with Crippen LogP contribution in [0.15, 0.2) is 47.9 Å². The van der Waals surface area contributed by atoms with Gasteiger partial charge in [0.05, 0.1) is 5.56 Å². The maximum Gasteiger partial charge on any atom is 0.181 e. The van der Waals surface area contributed by atoms with E-state index in [1.807, 2.05) is 0 Å². The Balaban J connectivity index is 2.13. The average molecular weight is 230 g/mol. The Kier molecular flexibility index (Phi) is 1.98. The van der Waals surface area contributed by atoms with Crippen molar-refractivity contribution in [1.82, 2.24) is 0 Å². The van der Waals surface area contributed by atoms with Crippen molar-refractivity contribution in [2.75, 3.05) is 0 Å². The number of hydrogen-bond donors (Lipinski definition) is 2. The van der Waals surface area contributed by atoms with E-state index in [9.17, 15) is 15.0 Å². The van der Waals surface area contributed by atoms with E-state index in [1.54, 1.807) is 30.3 Å². The molecular weight excluding hydrogens is 220 g/mol. The summed E-state index contributed by atoms with van der Waals surface area (Å²) >= 11 is 0. The second-order valence-electron chi connectivity index (χ2n) is 4.05. The molecule has 1 aliphatic heterocycles. The van der Waals surface area contributed by atoms with Gasteiger partial charge in [-0.1, -0.05) is 12.1 Å². The third-order valence-electron chi connectivity index (χ3n) is 3.03. The summed E-state index contributed by atoms with van der Waals surface area (Å²) in [5, 5.41) is 19.2. The Morgan fingerprint density at radius 1 is 1.18 bits per heavy atom. The average Bonchev–Trinajstić information content (AvgIpc) is 2.34. The van der Waals surface area contributed by atoms with Gasteiger partial charge in [0.2, 0.25) is 0 Å². The van der Waals surface area contributed by atoms with Gasteiger partial charge in [-0.3, -0.25) is 4.79 Å². The zero-order valence-electron chi connectivity index (χ0n) is 8.83. The number of carbonyl (C=O) groups excluding carboxylic acids is 1. The number of aliphatic hydroxyl groups excluding tert-OH is 2. The van der Waals surface area contributed by atoms with Crippen molar-refractivity contribution < 1.29 is 19.7 Å². The summed E-state index contributed by atoms with van der Waals surface area (Å²) in [7, 11) is 0. The Morgan fingerprint density at radius 3 is 2.76 bits per heavy atom. The summed E-state index contributed by atoms with van der Waals surface area (Å²) in [5.74, 6) is -1.16. The molecule has 2 aliphatic rings. The fourth-order valence-electron chi connectivity index (χ4n) is 2.17. The molecule has 2 N–H and O–H groups in total. The van der Waals surface area contributed by atoms with Gasteiger partial charge in [0, 0.05) is 0 Å². The van der Waals surface area contributed by atoms with E-state index in [1.165, 1.54) is 6.08 Å². The van der Waals surface area contributed by atoms with Crippen LogP contribution in [0.3, 0.4) is 0 Å². The van der Waals surface area contributed by atoms with Crippen LogP contribution in [0.1, 0.15) is 10.4 Å². The minimum Gasteiger partial charge on any atom is -0.508 e. The van der Waals surface area contributed by atoms with E-state index in [-0.39, 0.29) is 17.3 Å². The molecule has 0 amide bonds. The molecule has 4 nitrogen and oxygen atoms in total. The minimum absolute atomic E-state index is 0.231. The van der Waals surface area contributed by atoms with Crippen molar-refractivity contribution in [2.45, 2.75) is 6.10 Å². The predicted octanol–water partition coefficient (Wildman–Crippen LogP) is 2.14. The molecule has 1 aromatic carbocycles. The molecular formula is C13H10O4. The van der Waals surface area contributed by atoms with Gasteiger partial charge in [-0.25, -0.2) is 0 Å². The summed E-state index contributed by atoms with van der Waals surface area (Å²) < 4.78 is 5.61. The van der Waals surface area contributed by atoms with Gasteiger partial charge in [-0.2, -0.15) is 0 Å². The Bertz CT molecular complexity index is 556. The van der Waals surface area contributed by atoms with Gasteiger partial charge in [0.25, 0.3) is 0 Å². The Morgan fingerprint density at radius 2 is 1.94 bits per heavy atom. The first-order valence-corrected chi connectivity index (χ1v) is 5.28. The summed E-state index contributed by atoms with van der Waals surface area (Å²) in [6.45, 7) is 0. The third-order valence-corrected chi connectivity index (χ3v) is 3.03. The minimum atomic E-state index is -0.838. The van der Waals surface area contributed by atoms with Crippen LogP contribution >= 0.6 is 0 Å². The van der Waals surface area contributed by atoms with Crippen molar-refractivity contribution in [3.8, 4) is 5.75 Å². The first kappa shape index (κ1) is 9.96. The fourth-order valence-corrected chi connectivity index (χ4v) is 2.17. The maximum absolute atomic E-state index is 12.2. The van der Waals surface area contributed by atoms with Crippen LogP contribution in [0.4, 0.5) is 0 Å². The molecule has 1 heterocycles. The van der Waals surface area contributed by atoms with E-state index < -0.39 is 12.0 Å². The number of hydrogen-bond acceptors (Lipinski definition) is 4. The van der Waals surface area contributed by atoms with E-state index in [0.29, 0.717) is 11.3 Å². The summed E-state index contributed by atoms with van der Waals surface area (Å²) in [6.07, 6.45) is 2.37. The molecule has 1 aromatic rings. The summed E-state index contributed by atoms with van der Waals surface area (Å²) in [6, 6.07) is 6.88. The zero-order valence-corrected chi connectivity index (χ0v) is 8.83. The second kappa shape index (κ2) is 3.38. The number of carbonyl (C=O) groups is 1. The highest BCUT2D eigenvalue weighted by molar-refractivity contribution is 6.03. The van der Waals surface area contributed by atoms with Crippen LogP contribution in [0, 0.1) is 5.92 Å². The Labute approximate surface area is 97.5 Å². The standard InChI is InChI=1S/C13H10O4/c14-8-5-6-10-11(13(8)16)12(15)7-3-1-2-4-9(7)17-10/h1-6,10-11,14,16H. The van der Waals surface area contributed by atoms with Crippen molar-refractivity contribution in [3.63, 3.8) is 0 Å². The maximum atomic E-state index is 12.2. The predicted molar refractivity (Wildman–Crippen MR) is 60.1 cm³/mol. The molecule has 3 rings (SSSR count). The molecule has 0 bridgehead atoms. The smallest absolute Gasteiger partial charge is 0.181 e. The molecule has 2 atom stereocenters. The number of benzene rings is 1. The monoisotopic (exact) mass is 230 g/mol. The number of para-hydroxylation sites is 1. The molecule has 1 aliphatic carbocycles. The van der Waals surface area contributed by atoms with Gasteiger partial charge in [0.15, 0.2) is 11.5 Å². The highest BCUT2D eigenvalue weighted by atomic mass is 16.5. The molecule has 0 radical (unpaired) electrons. The molecule has 4 heteroatoms. The topological polar surface area (TPSA) is 66.8 Å². The number of Topliss-reactive ketones (excluding diaryl/α,β-unsaturated/α-hetero) is 1. The quantitative estimate of drug-likeness (QED) is 0.716. The number of allylic oxidation sites excluding steroid dienone is 1. The molecule has 0 aromatic heterocycles. The largest absolute Gasteiger partial charge is 0.508 e. The summed E-state index contributed by atoms with van der Waals surface area (Å²) in [4.78, 5) is 12.2. The van der Waals surface area contributed by atoms with Crippen molar-refractivity contribution >= 4 is 5.78 Å². The van der Waals surface area contributed by atoms with Gasteiger partial charge >= 0.3 is 0 Å². The van der Waals surface area contributed by atoms with Gasteiger partial charge in [-0.15, -0.1) is 0 Å². The normalized spacial score (nSPS) is 26.2. The Hall–Kier alpha value is -2.23. The zero-order chi connectivity index (χ0) is 12.0. The summed E-state index contributed by atoms with van der Waals surface area (Å²) in [5.41, 5.74) is 0.434. The van der Waals surface area contributed by atoms with Crippen molar-refractivity contribution in [2.24, 2.45) is 5.92 Å². The molecule has 86 valence electrons. The van der Waals surface area contributed by atoms with Crippen LogP contribution in [0.2, 0.25) is 0 Å². The lowest BCUT2D eigenvalue weighted by Gasteiger charge is -2.32. The van der Waals surface area contributed by atoms with E-state index in [4.69, 9.17) is 4.74 Å². The lowest BCUT2D eigenvalue weighted by molar-refractivity contribution is 0.0708. The number of rotatable bonds is 0. The highest BCUT2D eigenvalue weighted by Gasteiger charge is 2.41. The molecule has 0 spiro atoms. The number of ketones is 1. The van der Waals surface area contributed by atoms with Crippen LogP contribution in [-0.4, -0.2) is 22.1 Å². The first-order chi connectivity index (χ1) is 8.18. The van der Waals surface area contributed by atoms with Crippen LogP contribution in [0.5, 0.6) is 5.75 Å². The highest BCUT2D eigenvalue weighted by Crippen LogP contribution is 2.36. The van der Waals surface area contributed by atoms with E-state index in [2.05, 4.69) is 0 Å². The lowest BCUT2D eigenvalue weighted by atomic mass is 9.84. The molecule has 2 unspecified atom stereocenters. The van der Waals surface area contributed by atoms with Crippen molar-refractivity contribution in [3.05, 3.63) is 53.5 Å². The van der Waals surface area contributed by atoms with Gasteiger partial charge < -0.3 is 14.9 Å². The van der Waals surface area contributed by atoms with E-state index in [0.717, 1.165) is 0 Å². The van der Waals surface area contributed by atoms with Gasteiger partial charge in [0.1, 0.15) is 23.5 Å². The van der Waals surface area contributed by atoms with Crippen LogP contribution < -0.4 is 4.74 Å². The number of aliphatic hydroxyl groups is 2. The fraction of sp³-hybridized carbons (Fsp3) is 0.154. The van der Waals surface area contributed by atoms with Crippen LogP contribution in [-0.2, 0) is 0 Å². The molecule has 0 saturated heterocycles. The molecule has 0 fully saturated rings. The molecule has 0 saturated carbocycles. The molecule has 17 heavy (non-hydrogen) atoms.